The van der Waals surface area contributed by atoms with E-state index in [2.05, 4.69) is 9.97 Å². The number of aryl methyl sites for hydroxylation is 1. The number of aromatic nitrogens is 2. The number of rotatable bonds is 2. The quantitative estimate of drug-likeness (QED) is 0.774. The van der Waals surface area contributed by atoms with Crippen molar-refractivity contribution in [1.82, 2.24) is 9.97 Å². The maximum absolute atomic E-state index is 8.84. The maximum atomic E-state index is 8.84. The highest BCUT2D eigenvalue weighted by Gasteiger charge is 2.23. The number of nitrogens with zero attached hydrogens (tertiary/aromatic N) is 3. The molecule has 1 aliphatic heterocycles. The molecule has 5 nitrogen and oxygen atoms in total. The first kappa shape index (κ1) is 12.6. The Morgan fingerprint density at radius 2 is 2.30 bits per heavy atom. The van der Waals surface area contributed by atoms with Gasteiger partial charge in [0.25, 0.3) is 0 Å². The van der Waals surface area contributed by atoms with Crippen LogP contribution in [-0.2, 0) is 11.3 Å². The van der Waals surface area contributed by atoms with Crippen molar-refractivity contribution in [3.05, 3.63) is 41.2 Å². The van der Waals surface area contributed by atoms with E-state index in [-0.39, 0.29) is 12.9 Å². The second kappa shape index (κ2) is 4.95. The van der Waals surface area contributed by atoms with E-state index in [9.17, 15) is 0 Å². The van der Waals surface area contributed by atoms with E-state index in [1.165, 1.54) is 11.7 Å². The Kier molecular flexibility index (Phi) is 3.13. The van der Waals surface area contributed by atoms with Gasteiger partial charge in [-0.05, 0) is 30.1 Å². The van der Waals surface area contributed by atoms with Crippen molar-refractivity contribution >= 4 is 12.4 Å². The van der Waals surface area contributed by atoms with Crippen LogP contribution < -0.4 is 10.2 Å². The maximum Gasteiger partial charge on any atom is 0.324 e. The molecule has 0 aliphatic carbocycles. The van der Waals surface area contributed by atoms with Crippen molar-refractivity contribution < 1.29 is 9.39 Å². The van der Waals surface area contributed by atoms with E-state index in [1.807, 2.05) is 31.1 Å². The fourth-order valence-corrected chi connectivity index (χ4v) is 2.18. The first-order chi connectivity index (χ1) is 9.67. The molecule has 0 saturated heterocycles. The monoisotopic (exact) mass is 265 g/mol. The fourth-order valence-electron chi connectivity index (χ4n) is 2.18. The largest absolute Gasteiger partial charge is 0.427 e. The molecule has 0 spiro atoms. The standard InChI is InChI=1S/C14H12BN3O2/c1-9-11(6-16)7-17-14(18-9)20-12-3-4-13-10(5-12)8-19-15(13)2/h3-5,7H,8H2,1-2H3. The molecular weight excluding hydrogens is 253 g/mol. The highest BCUT2D eigenvalue weighted by molar-refractivity contribution is 6.67. The SMILES string of the molecule is CB1OCc2cc(Oc3ncc(C#N)c(C)n3)ccc21. The van der Waals surface area contributed by atoms with Gasteiger partial charge in [0.05, 0.1) is 24.1 Å². The molecule has 2 heterocycles. The van der Waals surface area contributed by atoms with Crippen LogP contribution in [0.5, 0.6) is 11.8 Å². The van der Waals surface area contributed by atoms with Crippen LogP contribution in [0.25, 0.3) is 0 Å². The third kappa shape index (κ3) is 2.24. The molecule has 0 saturated carbocycles. The highest BCUT2D eigenvalue weighted by atomic mass is 16.5. The van der Waals surface area contributed by atoms with Crippen molar-refractivity contribution in [3.8, 4) is 17.8 Å². The molecule has 20 heavy (non-hydrogen) atoms. The van der Waals surface area contributed by atoms with Gasteiger partial charge in [-0.2, -0.15) is 10.2 Å². The van der Waals surface area contributed by atoms with E-state index in [1.54, 1.807) is 6.92 Å². The Labute approximate surface area is 117 Å². The summed E-state index contributed by atoms with van der Waals surface area (Å²) in [6, 6.07) is 8.09. The van der Waals surface area contributed by atoms with Gasteiger partial charge in [-0.3, -0.25) is 0 Å². The minimum atomic E-state index is 0.132. The molecule has 1 aliphatic rings. The first-order valence-corrected chi connectivity index (χ1v) is 6.33. The lowest BCUT2D eigenvalue weighted by molar-refractivity contribution is 0.333. The first-order valence-electron chi connectivity index (χ1n) is 6.33. The summed E-state index contributed by atoms with van der Waals surface area (Å²) < 4.78 is 11.2. The molecule has 98 valence electrons. The molecule has 3 rings (SSSR count). The zero-order valence-electron chi connectivity index (χ0n) is 11.3. The summed E-state index contributed by atoms with van der Waals surface area (Å²) >= 11 is 0. The third-order valence-electron chi connectivity index (χ3n) is 3.33. The second-order valence-corrected chi connectivity index (χ2v) is 4.68. The molecular formula is C14H12BN3O2. The van der Waals surface area contributed by atoms with Gasteiger partial charge in [0.2, 0.25) is 0 Å². The predicted octanol–water partition coefficient (Wildman–Crippen LogP) is 1.81. The Hall–Kier alpha value is -2.39. The molecule has 0 amide bonds. The number of hydrogen-bond acceptors (Lipinski definition) is 5. The van der Waals surface area contributed by atoms with Gasteiger partial charge in [-0.1, -0.05) is 12.9 Å². The zero-order chi connectivity index (χ0) is 14.1. The van der Waals surface area contributed by atoms with Crippen molar-refractivity contribution in [1.29, 1.82) is 5.26 Å². The summed E-state index contributed by atoms with van der Waals surface area (Å²) in [4.78, 5) is 8.19. The van der Waals surface area contributed by atoms with Crippen LogP contribution in [0.2, 0.25) is 6.82 Å². The van der Waals surface area contributed by atoms with Gasteiger partial charge < -0.3 is 9.39 Å². The molecule has 0 unspecified atom stereocenters. The molecule has 2 aromatic rings. The van der Waals surface area contributed by atoms with Gasteiger partial charge in [-0.15, -0.1) is 0 Å². The molecule has 0 N–H and O–H groups in total. The molecule has 0 fully saturated rings. The summed E-state index contributed by atoms with van der Waals surface area (Å²) in [5.41, 5.74) is 3.37. The summed E-state index contributed by atoms with van der Waals surface area (Å²) in [6.07, 6.45) is 1.47. The fraction of sp³-hybridized carbons (Fsp3) is 0.214. The lowest BCUT2D eigenvalue weighted by Gasteiger charge is -2.06. The molecule has 1 aromatic carbocycles. The number of benzene rings is 1. The Morgan fingerprint density at radius 1 is 1.45 bits per heavy atom. The second-order valence-electron chi connectivity index (χ2n) is 4.68. The lowest BCUT2D eigenvalue weighted by atomic mass is 9.64. The number of ether oxygens (including phenoxy) is 1. The van der Waals surface area contributed by atoms with Crippen molar-refractivity contribution in [3.63, 3.8) is 0 Å². The normalized spacial score (nSPS) is 12.9. The molecule has 0 bridgehead atoms. The van der Waals surface area contributed by atoms with E-state index < -0.39 is 0 Å². The van der Waals surface area contributed by atoms with Crippen molar-refractivity contribution in [2.24, 2.45) is 0 Å². The van der Waals surface area contributed by atoms with Gasteiger partial charge in [0.15, 0.2) is 0 Å². The van der Waals surface area contributed by atoms with Crippen molar-refractivity contribution in [2.45, 2.75) is 20.4 Å². The molecule has 0 radical (unpaired) electrons. The van der Waals surface area contributed by atoms with Gasteiger partial charge in [0.1, 0.15) is 11.8 Å². The van der Waals surface area contributed by atoms with Gasteiger partial charge >= 0.3 is 12.9 Å². The van der Waals surface area contributed by atoms with Crippen LogP contribution in [0.15, 0.2) is 24.4 Å². The van der Waals surface area contributed by atoms with Gasteiger partial charge in [-0.25, -0.2) is 4.98 Å². The smallest absolute Gasteiger partial charge is 0.324 e. The zero-order valence-corrected chi connectivity index (χ0v) is 11.3. The predicted molar refractivity (Wildman–Crippen MR) is 74.0 cm³/mol. The minimum absolute atomic E-state index is 0.132. The molecule has 6 heteroatoms. The highest BCUT2D eigenvalue weighted by Crippen LogP contribution is 2.22. The molecule has 1 aromatic heterocycles. The summed E-state index contributed by atoms with van der Waals surface area (Å²) in [5, 5.41) is 8.84. The van der Waals surface area contributed by atoms with E-state index >= 15 is 0 Å². The van der Waals surface area contributed by atoms with E-state index in [4.69, 9.17) is 14.7 Å². The number of nitriles is 1. The third-order valence-corrected chi connectivity index (χ3v) is 3.33. The lowest BCUT2D eigenvalue weighted by Crippen LogP contribution is -2.23. The van der Waals surface area contributed by atoms with E-state index in [0.717, 1.165) is 5.56 Å². The summed E-state index contributed by atoms with van der Waals surface area (Å²) in [7, 11) is 0. The average Bonchev–Trinajstić information content (AvgIpc) is 2.80. The topological polar surface area (TPSA) is 68.0 Å². The Bertz CT molecular complexity index is 712. The van der Waals surface area contributed by atoms with Crippen LogP contribution in [0.4, 0.5) is 0 Å². The average molecular weight is 265 g/mol. The summed E-state index contributed by atoms with van der Waals surface area (Å²) in [6.45, 7) is 4.51. The van der Waals surface area contributed by atoms with E-state index in [0.29, 0.717) is 23.6 Å². The Morgan fingerprint density at radius 3 is 3.05 bits per heavy atom. The Balaban J connectivity index is 1.85. The minimum Gasteiger partial charge on any atom is -0.427 e. The van der Waals surface area contributed by atoms with Gasteiger partial charge in [0, 0.05) is 0 Å². The van der Waals surface area contributed by atoms with Crippen molar-refractivity contribution in [2.75, 3.05) is 0 Å². The van der Waals surface area contributed by atoms with Crippen LogP contribution in [-0.4, -0.2) is 16.9 Å². The molecule has 0 atom stereocenters. The van der Waals surface area contributed by atoms with Crippen LogP contribution in [0.3, 0.4) is 0 Å². The number of hydrogen-bond donors (Lipinski definition) is 0. The van der Waals surface area contributed by atoms with Crippen LogP contribution in [0, 0.1) is 18.3 Å². The summed E-state index contributed by atoms with van der Waals surface area (Å²) in [5.74, 6) is 0.672. The van der Waals surface area contributed by atoms with Crippen LogP contribution in [0.1, 0.15) is 16.8 Å². The van der Waals surface area contributed by atoms with Crippen LogP contribution >= 0.6 is 0 Å². The number of fused-ring (bicyclic) bond motifs is 1.